The number of nitrogen functional groups attached to an aromatic ring is 1. The number of rotatable bonds is 2. The molecule has 0 aromatic heterocycles. The van der Waals surface area contributed by atoms with Gasteiger partial charge in [0.15, 0.2) is 0 Å². The van der Waals surface area contributed by atoms with Crippen LogP contribution in [0.2, 0.25) is 5.02 Å². The summed E-state index contributed by atoms with van der Waals surface area (Å²) < 4.78 is 0. The SMILES string of the molecule is Nc1cc(Cl)ccc1C(O)c1ccccc1. The van der Waals surface area contributed by atoms with Crippen LogP contribution in [0.3, 0.4) is 0 Å². The van der Waals surface area contributed by atoms with Crippen LogP contribution < -0.4 is 5.73 Å². The minimum absolute atomic E-state index is 0.504. The highest BCUT2D eigenvalue weighted by atomic mass is 35.5. The van der Waals surface area contributed by atoms with Gasteiger partial charge in [0.2, 0.25) is 0 Å². The van der Waals surface area contributed by atoms with Crippen LogP contribution in [-0.2, 0) is 0 Å². The normalized spacial score (nSPS) is 12.4. The summed E-state index contributed by atoms with van der Waals surface area (Å²) in [5.41, 5.74) is 7.81. The smallest absolute Gasteiger partial charge is 0.106 e. The summed E-state index contributed by atoms with van der Waals surface area (Å²) in [5, 5.41) is 10.7. The van der Waals surface area contributed by atoms with Crippen LogP contribution >= 0.6 is 11.6 Å². The maximum Gasteiger partial charge on any atom is 0.106 e. The summed E-state index contributed by atoms with van der Waals surface area (Å²) in [6.45, 7) is 0. The number of nitrogens with two attached hydrogens (primary N) is 1. The van der Waals surface area contributed by atoms with Gasteiger partial charge in [-0.3, -0.25) is 0 Å². The van der Waals surface area contributed by atoms with Gasteiger partial charge < -0.3 is 10.8 Å². The van der Waals surface area contributed by atoms with Crippen LogP contribution in [0.4, 0.5) is 5.69 Å². The Bertz CT molecular complexity index is 485. The second-order valence-electron chi connectivity index (χ2n) is 3.59. The van der Waals surface area contributed by atoms with Crippen LogP contribution in [0.25, 0.3) is 0 Å². The fourth-order valence-corrected chi connectivity index (χ4v) is 1.79. The minimum atomic E-state index is -0.710. The predicted molar refractivity (Wildman–Crippen MR) is 66.4 cm³/mol. The molecule has 0 aliphatic rings. The first-order chi connectivity index (χ1) is 7.68. The van der Waals surface area contributed by atoms with Crippen LogP contribution in [0, 0.1) is 0 Å². The third kappa shape index (κ3) is 2.18. The van der Waals surface area contributed by atoms with Crippen molar-refractivity contribution in [1.29, 1.82) is 0 Å². The molecule has 16 heavy (non-hydrogen) atoms. The third-order valence-corrected chi connectivity index (χ3v) is 2.69. The molecule has 0 radical (unpaired) electrons. The highest BCUT2D eigenvalue weighted by molar-refractivity contribution is 6.30. The molecule has 0 aliphatic carbocycles. The maximum absolute atomic E-state index is 10.1. The molecule has 0 bridgehead atoms. The molecule has 0 amide bonds. The van der Waals surface area contributed by atoms with Gasteiger partial charge in [-0.2, -0.15) is 0 Å². The average Bonchev–Trinajstić information content (AvgIpc) is 2.29. The van der Waals surface area contributed by atoms with Crippen molar-refractivity contribution in [2.45, 2.75) is 6.10 Å². The number of benzene rings is 2. The van der Waals surface area contributed by atoms with Gasteiger partial charge in [-0.15, -0.1) is 0 Å². The zero-order valence-corrected chi connectivity index (χ0v) is 9.35. The Kier molecular flexibility index (Phi) is 3.13. The van der Waals surface area contributed by atoms with E-state index in [9.17, 15) is 5.11 Å². The lowest BCUT2D eigenvalue weighted by Gasteiger charge is -2.13. The van der Waals surface area contributed by atoms with Gasteiger partial charge in [0.05, 0.1) is 0 Å². The Morgan fingerprint density at radius 1 is 1.06 bits per heavy atom. The van der Waals surface area contributed by atoms with E-state index < -0.39 is 6.10 Å². The first-order valence-electron chi connectivity index (χ1n) is 4.96. The van der Waals surface area contributed by atoms with Crippen molar-refractivity contribution in [1.82, 2.24) is 0 Å². The molecule has 0 heterocycles. The standard InChI is InChI=1S/C13H12ClNO/c14-10-6-7-11(12(15)8-10)13(16)9-4-2-1-3-5-9/h1-8,13,16H,15H2. The van der Waals surface area contributed by atoms with E-state index in [0.717, 1.165) is 5.56 Å². The number of anilines is 1. The number of halogens is 1. The molecule has 2 aromatic rings. The van der Waals surface area contributed by atoms with E-state index >= 15 is 0 Å². The highest BCUT2D eigenvalue weighted by Crippen LogP contribution is 2.28. The van der Waals surface area contributed by atoms with Crippen molar-refractivity contribution < 1.29 is 5.11 Å². The van der Waals surface area contributed by atoms with E-state index in [1.807, 2.05) is 30.3 Å². The Balaban J connectivity index is 2.38. The second kappa shape index (κ2) is 4.56. The Morgan fingerprint density at radius 3 is 2.38 bits per heavy atom. The molecule has 1 unspecified atom stereocenters. The van der Waals surface area contributed by atoms with Gasteiger partial charge in [0.25, 0.3) is 0 Å². The van der Waals surface area contributed by atoms with Gasteiger partial charge in [-0.25, -0.2) is 0 Å². The highest BCUT2D eigenvalue weighted by Gasteiger charge is 2.12. The zero-order chi connectivity index (χ0) is 11.5. The van der Waals surface area contributed by atoms with Gasteiger partial charge >= 0.3 is 0 Å². The number of hydrogen-bond donors (Lipinski definition) is 2. The molecule has 0 saturated carbocycles. The van der Waals surface area contributed by atoms with Gasteiger partial charge in [-0.1, -0.05) is 48.0 Å². The number of hydrogen-bond acceptors (Lipinski definition) is 2. The summed E-state index contributed by atoms with van der Waals surface area (Å²) in [4.78, 5) is 0. The first-order valence-corrected chi connectivity index (χ1v) is 5.34. The van der Waals surface area contributed by atoms with E-state index in [0.29, 0.717) is 16.3 Å². The van der Waals surface area contributed by atoms with Crippen molar-refractivity contribution in [2.75, 3.05) is 5.73 Å². The number of aliphatic hydroxyl groups excluding tert-OH is 1. The monoisotopic (exact) mass is 233 g/mol. The Labute approximate surface area is 99.3 Å². The maximum atomic E-state index is 10.1. The lowest BCUT2D eigenvalue weighted by Crippen LogP contribution is -2.03. The van der Waals surface area contributed by atoms with Gasteiger partial charge in [-0.05, 0) is 17.7 Å². The topological polar surface area (TPSA) is 46.2 Å². The lowest BCUT2D eigenvalue weighted by atomic mass is 10.0. The first kappa shape index (κ1) is 11.0. The lowest BCUT2D eigenvalue weighted by molar-refractivity contribution is 0.221. The van der Waals surface area contributed by atoms with Gasteiger partial charge in [0.1, 0.15) is 6.10 Å². The van der Waals surface area contributed by atoms with Crippen molar-refractivity contribution in [2.24, 2.45) is 0 Å². The summed E-state index contributed by atoms with van der Waals surface area (Å²) in [7, 11) is 0. The van der Waals surface area contributed by atoms with Crippen molar-refractivity contribution >= 4 is 17.3 Å². The van der Waals surface area contributed by atoms with Crippen LogP contribution in [0.5, 0.6) is 0 Å². The molecule has 0 aliphatic heterocycles. The largest absolute Gasteiger partial charge is 0.398 e. The van der Waals surface area contributed by atoms with Crippen LogP contribution in [0.1, 0.15) is 17.2 Å². The van der Waals surface area contributed by atoms with Crippen LogP contribution in [0.15, 0.2) is 48.5 Å². The zero-order valence-electron chi connectivity index (χ0n) is 8.60. The van der Waals surface area contributed by atoms with Crippen molar-refractivity contribution in [3.8, 4) is 0 Å². The summed E-state index contributed by atoms with van der Waals surface area (Å²) in [5.74, 6) is 0. The molecule has 0 fully saturated rings. The quantitative estimate of drug-likeness (QED) is 0.784. The predicted octanol–water partition coefficient (Wildman–Crippen LogP) is 3.00. The Hall–Kier alpha value is -1.51. The molecule has 2 aromatic carbocycles. The van der Waals surface area contributed by atoms with E-state index in [-0.39, 0.29) is 0 Å². The second-order valence-corrected chi connectivity index (χ2v) is 4.02. The van der Waals surface area contributed by atoms with E-state index in [1.165, 1.54) is 0 Å². The molecule has 82 valence electrons. The van der Waals surface area contributed by atoms with E-state index in [2.05, 4.69) is 0 Å². The molecular formula is C13H12ClNO. The molecule has 2 nitrogen and oxygen atoms in total. The molecule has 0 saturated heterocycles. The number of aliphatic hydroxyl groups is 1. The summed E-state index contributed by atoms with van der Waals surface area (Å²) in [6.07, 6.45) is -0.710. The Morgan fingerprint density at radius 2 is 1.75 bits per heavy atom. The van der Waals surface area contributed by atoms with Crippen LogP contribution in [-0.4, -0.2) is 5.11 Å². The molecule has 2 rings (SSSR count). The molecule has 3 heteroatoms. The molecular weight excluding hydrogens is 222 g/mol. The summed E-state index contributed by atoms with van der Waals surface area (Å²) in [6, 6.07) is 14.5. The van der Waals surface area contributed by atoms with Crippen molar-refractivity contribution in [3.05, 3.63) is 64.7 Å². The fraction of sp³-hybridized carbons (Fsp3) is 0.0769. The molecule has 3 N–H and O–H groups in total. The minimum Gasteiger partial charge on any atom is -0.398 e. The van der Waals surface area contributed by atoms with E-state index in [1.54, 1.807) is 18.2 Å². The van der Waals surface area contributed by atoms with Gasteiger partial charge in [0, 0.05) is 16.3 Å². The fourth-order valence-electron chi connectivity index (χ4n) is 1.61. The average molecular weight is 234 g/mol. The molecule has 1 atom stereocenters. The molecule has 0 spiro atoms. The summed E-state index contributed by atoms with van der Waals surface area (Å²) >= 11 is 5.81. The third-order valence-electron chi connectivity index (χ3n) is 2.46. The van der Waals surface area contributed by atoms with Crippen molar-refractivity contribution in [3.63, 3.8) is 0 Å². The van der Waals surface area contributed by atoms with E-state index in [4.69, 9.17) is 17.3 Å².